The first kappa shape index (κ1) is 18.1. The number of thioether (sulfide) groups is 1. The Morgan fingerprint density at radius 1 is 1.08 bits per heavy atom. The molecule has 1 aromatic heterocycles. The fraction of sp³-hybridized carbons (Fsp3) is 0.353. The van der Waals surface area contributed by atoms with Gasteiger partial charge in [0.1, 0.15) is 5.82 Å². The summed E-state index contributed by atoms with van der Waals surface area (Å²) in [6.45, 7) is 7.35. The topological polar surface area (TPSA) is 76.0 Å². The molecule has 0 aliphatic carbocycles. The molecule has 0 saturated heterocycles. The molecule has 0 aliphatic rings. The number of rotatable bonds is 6. The van der Waals surface area contributed by atoms with E-state index in [-0.39, 0.29) is 23.1 Å². The SMILES string of the molecule is CC(=O)Nc1ccc(SC(C)C(=O)Nc2ccnn2C(C)C)cc1. The molecular formula is C17H22N4O2S. The Morgan fingerprint density at radius 3 is 2.33 bits per heavy atom. The quantitative estimate of drug-likeness (QED) is 0.785. The van der Waals surface area contributed by atoms with Crippen molar-refractivity contribution in [1.82, 2.24) is 9.78 Å². The van der Waals surface area contributed by atoms with Gasteiger partial charge in [0.15, 0.2) is 0 Å². The first-order valence-corrected chi connectivity index (χ1v) is 8.63. The number of anilines is 2. The van der Waals surface area contributed by atoms with Gasteiger partial charge in [-0.3, -0.25) is 9.59 Å². The number of amides is 2. The molecule has 2 amide bonds. The van der Waals surface area contributed by atoms with Gasteiger partial charge in [0, 0.05) is 29.6 Å². The molecule has 128 valence electrons. The standard InChI is InChI=1S/C17H22N4O2S/c1-11(2)21-16(9-10-18-21)20-17(23)12(3)24-15-7-5-14(6-8-15)19-13(4)22/h5-12H,1-4H3,(H,19,22)(H,20,23). The minimum atomic E-state index is -0.257. The fourth-order valence-electron chi connectivity index (χ4n) is 2.13. The van der Waals surface area contributed by atoms with Crippen LogP contribution < -0.4 is 10.6 Å². The van der Waals surface area contributed by atoms with E-state index in [2.05, 4.69) is 15.7 Å². The van der Waals surface area contributed by atoms with E-state index in [0.717, 1.165) is 10.6 Å². The zero-order valence-corrected chi connectivity index (χ0v) is 15.1. The maximum absolute atomic E-state index is 12.4. The van der Waals surface area contributed by atoms with Crippen LogP contribution in [0.2, 0.25) is 0 Å². The van der Waals surface area contributed by atoms with Crippen molar-refractivity contribution in [1.29, 1.82) is 0 Å². The van der Waals surface area contributed by atoms with Crippen molar-refractivity contribution in [2.24, 2.45) is 0 Å². The molecule has 1 aromatic carbocycles. The summed E-state index contributed by atoms with van der Waals surface area (Å²) >= 11 is 1.46. The normalized spacial score (nSPS) is 12.0. The van der Waals surface area contributed by atoms with Crippen molar-refractivity contribution in [3.8, 4) is 0 Å². The summed E-state index contributed by atoms with van der Waals surface area (Å²) in [6.07, 6.45) is 1.67. The zero-order valence-electron chi connectivity index (χ0n) is 14.2. The number of carbonyl (C=O) groups is 2. The Kier molecular flexibility index (Phi) is 6.03. The van der Waals surface area contributed by atoms with E-state index >= 15 is 0 Å². The lowest BCUT2D eigenvalue weighted by molar-refractivity contribution is -0.115. The molecule has 24 heavy (non-hydrogen) atoms. The van der Waals surface area contributed by atoms with Crippen LogP contribution in [0.5, 0.6) is 0 Å². The Balaban J connectivity index is 1.96. The Labute approximate surface area is 146 Å². The number of nitrogens with one attached hydrogen (secondary N) is 2. The van der Waals surface area contributed by atoms with Crippen molar-refractivity contribution in [2.45, 2.75) is 43.9 Å². The van der Waals surface area contributed by atoms with Gasteiger partial charge in [-0.25, -0.2) is 4.68 Å². The van der Waals surface area contributed by atoms with Gasteiger partial charge in [0.05, 0.1) is 11.4 Å². The lowest BCUT2D eigenvalue weighted by Gasteiger charge is -2.15. The number of hydrogen-bond acceptors (Lipinski definition) is 4. The van der Waals surface area contributed by atoms with Crippen LogP contribution in [0.4, 0.5) is 11.5 Å². The minimum Gasteiger partial charge on any atom is -0.326 e. The first-order valence-electron chi connectivity index (χ1n) is 7.75. The smallest absolute Gasteiger partial charge is 0.238 e. The Bertz CT molecular complexity index is 710. The van der Waals surface area contributed by atoms with Crippen LogP contribution in [0.25, 0.3) is 0 Å². The predicted octanol–water partition coefficient (Wildman–Crippen LogP) is 3.54. The lowest BCUT2D eigenvalue weighted by atomic mass is 10.3. The Morgan fingerprint density at radius 2 is 1.75 bits per heavy atom. The van der Waals surface area contributed by atoms with Crippen LogP contribution in [0, 0.1) is 0 Å². The molecule has 7 heteroatoms. The third kappa shape index (κ3) is 4.86. The van der Waals surface area contributed by atoms with E-state index in [0.29, 0.717) is 5.82 Å². The van der Waals surface area contributed by atoms with Crippen LogP contribution >= 0.6 is 11.8 Å². The van der Waals surface area contributed by atoms with Crippen LogP contribution in [-0.2, 0) is 9.59 Å². The third-order valence-corrected chi connectivity index (χ3v) is 4.38. The van der Waals surface area contributed by atoms with Gasteiger partial charge >= 0.3 is 0 Å². The molecule has 0 fully saturated rings. The number of carbonyl (C=O) groups excluding carboxylic acids is 2. The van der Waals surface area contributed by atoms with Crippen molar-refractivity contribution in [3.63, 3.8) is 0 Å². The van der Waals surface area contributed by atoms with Gasteiger partial charge < -0.3 is 10.6 Å². The maximum Gasteiger partial charge on any atom is 0.238 e. The molecule has 6 nitrogen and oxygen atoms in total. The van der Waals surface area contributed by atoms with Crippen LogP contribution in [0.3, 0.4) is 0 Å². The average molecular weight is 346 g/mol. The van der Waals surface area contributed by atoms with Gasteiger partial charge in [0.25, 0.3) is 0 Å². The van der Waals surface area contributed by atoms with E-state index in [4.69, 9.17) is 0 Å². The molecule has 1 atom stereocenters. The van der Waals surface area contributed by atoms with Crippen LogP contribution in [0.1, 0.15) is 33.7 Å². The van der Waals surface area contributed by atoms with Gasteiger partial charge in [0.2, 0.25) is 11.8 Å². The minimum absolute atomic E-state index is 0.0756. The van der Waals surface area contributed by atoms with Gasteiger partial charge in [-0.05, 0) is 45.0 Å². The summed E-state index contributed by atoms with van der Waals surface area (Å²) < 4.78 is 1.78. The van der Waals surface area contributed by atoms with E-state index in [1.165, 1.54) is 18.7 Å². The van der Waals surface area contributed by atoms with Gasteiger partial charge in [-0.1, -0.05) is 0 Å². The molecule has 1 heterocycles. The van der Waals surface area contributed by atoms with E-state index in [1.54, 1.807) is 16.9 Å². The van der Waals surface area contributed by atoms with Crippen molar-refractivity contribution >= 4 is 35.1 Å². The summed E-state index contributed by atoms with van der Waals surface area (Å²) in [5.74, 6) is 0.515. The molecule has 2 N–H and O–H groups in total. The summed E-state index contributed by atoms with van der Waals surface area (Å²) in [5, 5.41) is 9.58. The van der Waals surface area contributed by atoms with Gasteiger partial charge in [-0.15, -0.1) is 11.8 Å². The molecule has 0 spiro atoms. The second kappa shape index (κ2) is 8.01. The van der Waals surface area contributed by atoms with Crippen molar-refractivity contribution in [2.75, 3.05) is 10.6 Å². The zero-order chi connectivity index (χ0) is 17.7. The molecule has 2 aromatic rings. The van der Waals surface area contributed by atoms with E-state index in [9.17, 15) is 9.59 Å². The Hall–Kier alpha value is -2.28. The highest BCUT2D eigenvalue weighted by molar-refractivity contribution is 8.00. The molecule has 0 saturated carbocycles. The first-order chi connectivity index (χ1) is 11.4. The summed E-state index contributed by atoms with van der Waals surface area (Å²) in [5.41, 5.74) is 0.741. The number of hydrogen-bond donors (Lipinski definition) is 2. The average Bonchev–Trinajstić information content (AvgIpc) is 2.97. The summed E-state index contributed by atoms with van der Waals surface area (Å²) in [6, 6.07) is 9.39. The molecule has 2 rings (SSSR count). The van der Waals surface area contributed by atoms with Crippen molar-refractivity contribution < 1.29 is 9.59 Å². The van der Waals surface area contributed by atoms with Gasteiger partial charge in [-0.2, -0.15) is 5.10 Å². The number of nitrogens with zero attached hydrogens (tertiary/aromatic N) is 2. The fourth-order valence-corrected chi connectivity index (χ4v) is 3.00. The second-order valence-electron chi connectivity index (χ2n) is 5.71. The monoisotopic (exact) mass is 346 g/mol. The number of benzene rings is 1. The van der Waals surface area contributed by atoms with Crippen LogP contribution in [-0.4, -0.2) is 26.8 Å². The second-order valence-corrected chi connectivity index (χ2v) is 7.12. The molecule has 0 aliphatic heterocycles. The summed E-state index contributed by atoms with van der Waals surface area (Å²) in [7, 11) is 0. The molecule has 1 unspecified atom stereocenters. The number of aromatic nitrogens is 2. The highest BCUT2D eigenvalue weighted by Gasteiger charge is 2.17. The predicted molar refractivity (Wildman–Crippen MR) is 97.3 cm³/mol. The molecular weight excluding hydrogens is 324 g/mol. The molecule has 0 bridgehead atoms. The summed E-state index contributed by atoms with van der Waals surface area (Å²) in [4.78, 5) is 24.3. The molecule has 0 radical (unpaired) electrons. The van der Waals surface area contributed by atoms with E-state index in [1.807, 2.05) is 45.0 Å². The highest BCUT2D eigenvalue weighted by Crippen LogP contribution is 2.26. The highest BCUT2D eigenvalue weighted by atomic mass is 32.2. The van der Waals surface area contributed by atoms with E-state index < -0.39 is 0 Å². The van der Waals surface area contributed by atoms with Crippen LogP contribution in [0.15, 0.2) is 41.4 Å². The lowest BCUT2D eigenvalue weighted by Crippen LogP contribution is -2.24. The largest absolute Gasteiger partial charge is 0.326 e. The van der Waals surface area contributed by atoms with Crippen molar-refractivity contribution in [3.05, 3.63) is 36.5 Å². The maximum atomic E-state index is 12.4. The third-order valence-electron chi connectivity index (χ3n) is 3.27.